The molecule has 1 aromatic carbocycles. The summed E-state index contributed by atoms with van der Waals surface area (Å²) in [6.07, 6.45) is 1.97. The van der Waals surface area contributed by atoms with Gasteiger partial charge in [-0.15, -0.1) is 0 Å². The molecule has 2 heteroatoms. The molecule has 0 atom stereocenters. The zero-order valence-corrected chi connectivity index (χ0v) is 9.81. The molecule has 0 saturated heterocycles. The van der Waals surface area contributed by atoms with E-state index in [0.29, 0.717) is 0 Å². The molecule has 0 bridgehead atoms. The molecule has 0 aliphatic heterocycles. The molecule has 15 heavy (non-hydrogen) atoms. The molecule has 0 heterocycles. The highest BCUT2D eigenvalue weighted by Crippen LogP contribution is 2.06. The summed E-state index contributed by atoms with van der Waals surface area (Å²) < 4.78 is 12.8. The summed E-state index contributed by atoms with van der Waals surface area (Å²) in [5, 5.41) is 3.41. The number of hydrogen-bond donors (Lipinski definition) is 1. The lowest BCUT2D eigenvalue weighted by Gasteiger charge is -2.20. The average molecular weight is 209 g/mol. The van der Waals surface area contributed by atoms with Crippen molar-refractivity contribution in [2.45, 2.75) is 39.2 Å². The maximum absolute atomic E-state index is 12.8. The summed E-state index contributed by atoms with van der Waals surface area (Å²) in [7, 11) is 0. The minimum absolute atomic E-state index is 0.142. The molecule has 1 rings (SSSR count). The van der Waals surface area contributed by atoms with Crippen molar-refractivity contribution in [3.05, 3.63) is 35.6 Å². The van der Waals surface area contributed by atoms with E-state index in [1.165, 1.54) is 6.07 Å². The molecule has 0 spiro atoms. The monoisotopic (exact) mass is 209 g/mol. The van der Waals surface area contributed by atoms with Crippen LogP contribution in [-0.2, 0) is 6.42 Å². The van der Waals surface area contributed by atoms with Crippen molar-refractivity contribution in [1.82, 2.24) is 5.32 Å². The summed E-state index contributed by atoms with van der Waals surface area (Å²) in [6.45, 7) is 7.42. The Morgan fingerprint density at radius 2 is 2.00 bits per heavy atom. The lowest BCUT2D eigenvalue weighted by molar-refractivity contribution is 0.422. The fourth-order valence-electron chi connectivity index (χ4n) is 1.45. The van der Waals surface area contributed by atoms with Crippen molar-refractivity contribution in [2.24, 2.45) is 0 Å². The van der Waals surface area contributed by atoms with Gasteiger partial charge in [0.05, 0.1) is 0 Å². The Balaban J connectivity index is 2.26. The Hall–Kier alpha value is -0.890. The predicted octanol–water partition coefficient (Wildman–Crippen LogP) is 3.15. The fourth-order valence-corrected chi connectivity index (χ4v) is 1.45. The average Bonchev–Trinajstić information content (AvgIpc) is 2.11. The Kier molecular flexibility index (Phi) is 4.28. The number of hydrogen-bond acceptors (Lipinski definition) is 1. The van der Waals surface area contributed by atoms with E-state index in [0.717, 1.165) is 24.9 Å². The minimum atomic E-state index is -0.142. The number of aryl methyl sites for hydroxylation is 1. The minimum Gasteiger partial charge on any atom is -0.312 e. The zero-order chi connectivity index (χ0) is 11.3. The van der Waals surface area contributed by atoms with E-state index >= 15 is 0 Å². The van der Waals surface area contributed by atoms with Crippen molar-refractivity contribution in [3.8, 4) is 0 Å². The third-order valence-electron chi connectivity index (χ3n) is 2.19. The molecule has 0 saturated carbocycles. The van der Waals surface area contributed by atoms with Crippen LogP contribution >= 0.6 is 0 Å². The maximum atomic E-state index is 12.8. The van der Waals surface area contributed by atoms with Crippen LogP contribution in [0.5, 0.6) is 0 Å². The van der Waals surface area contributed by atoms with Crippen LogP contribution in [-0.4, -0.2) is 12.1 Å². The van der Waals surface area contributed by atoms with Crippen molar-refractivity contribution in [3.63, 3.8) is 0 Å². The number of nitrogens with one attached hydrogen (secondary N) is 1. The van der Waals surface area contributed by atoms with E-state index in [-0.39, 0.29) is 11.4 Å². The molecule has 1 aromatic rings. The van der Waals surface area contributed by atoms with Crippen LogP contribution in [0.25, 0.3) is 0 Å². The number of benzene rings is 1. The summed E-state index contributed by atoms with van der Waals surface area (Å²) >= 11 is 0. The van der Waals surface area contributed by atoms with Gasteiger partial charge in [0, 0.05) is 5.54 Å². The molecule has 84 valence electrons. The largest absolute Gasteiger partial charge is 0.312 e. The fraction of sp³-hybridized carbons (Fsp3) is 0.538. The van der Waals surface area contributed by atoms with Gasteiger partial charge < -0.3 is 5.32 Å². The van der Waals surface area contributed by atoms with E-state index in [1.54, 1.807) is 12.1 Å². The third kappa shape index (κ3) is 5.53. The van der Waals surface area contributed by atoms with Gasteiger partial charge in [-0.1, -0.05) is 12.1 Å². The predicted molar refractivity (Wildman–Crippen MR) is 62.5 cm³/mol. The summed E-state index contributed by atoms with van der Waals surface area (Å²) in [4.78, 5) is 0. The molecule has 0 amide bonds. The molecule has 0 aromatic heterocycles. The van der Waals surface area contributed by atoms with Crippen LogP contribution in [0, 0.1) is 5.82 Å². The van der Waals surface area contributed by atoms with Crippen LogP contribution in [0.15, 0.2) is 24.3 Å². The van der Waals surface area contributed by atoms with E-state index in [1.807, 2.05) is 6.07 Å². The molecule has 0 aliphatic rings. The Morgan fingerprint density at radius 3 is 2.60 bits per heavy atom. The van der Waals surface area contributed by atoms with Crippen LogP contribution in [0.3, 0.4) is 0 Å². The van der Waals surface area contributed by atoms with Gasteiger partial charge in [0.2, 0.25) is 0 Å². The Labute approximate surface area is 91.7 Å². The molecule has 1 N–H and O–H groups in total. The molecule has 1 nitrogen and oxygen atoms in total. The van der Waals surface area contributed by atoms with Gasteiger partial charge in [-0.3, -0.25) is 0 Å². The van der Waals surface area contributed by atoms with Gasteiger partial charge in [0.1, 0.15) is 5.82 Å². The molecular weight excluding hydrogens is 189 g/mol. The van der Waals surface area contributed by atoms with Crippen LogP contribution in [0.1, 0.15) is 32.8 Å². The normalized spacial score (nSPS) is 11.7. The second-order valence-corrected chi connectivity index (χ2v) is 4.91. The highest BCUT2D eigenvalue weighted by atomic mass is 19.1. The molecule has 0 aliphatic carbocycles. The van der Waals surface area contributed by atoms with Crippen LogP contribution < -0.4 is 5.32 Å². The highest BCUT2D eigenvalue weighted by molar-refractivity contribution is 5.16. The van der Waals surface area contributed by atoms with Gasteiger partial charge >= 0.3 is 0 Å². The summed E-state index contributed by atoms with van der Waals surface area (Å²) in [5.74, 6) is -0.142. The quantitative estimate of drug-likeness (QED) is 0.751. The van der Waals surface area contributed by atoms with E-state index in [4.69, 9.17) is 0 Å². The highest BCUT2D eigenvalue weighted by Gasteiger charge is 2.07. The Bertz CT molecular complexity index is 302. The smallest absolute Gasteiger partial charge is 0.123 e. The maximum Gasteiger partial charge on any atom is 0.123 e. The molecular formula is C13H20FN. The van der Waals surface area contributed by atoms with Crippen LogP contribution in [0.4, 0.5) is 4.39 Å². The SMILES string of the molecule is CC(C)(C)NCCCc1cccc(F)c1. The van der Waals surface area contributed by atoms with Gasteiger partial charge in [-0.2, -0.15) is 0 Å². The van der Waals surface area contributed by atoms with Crippen molar-refractivity contribution < 1.29 is 4.39 Å². The first-order valence-electron chi connectivity index (χ1n) is 5.47. The summed E-state index contributed by atoms with van der Waals surface area (Å²) in [5.41, 5.74) is 1.24. The molecule has 0 fully saturated rings. The van der Waals surface area contributed by atoms with E-state index in [2.05, 4.69) is 26.1 Å². The van der Waals surface area contributed by atoms with Crippen molar-refractivity contribution in [1.29, 1.82) is 0 Å². The molecule has 0 unspecified atom stereocenters. The standard InChI is InChI=1S/C13H20FN/c1-13(2,3)15-9-5-7-11-6-4-8-12(14)10-11/h4,6,8,10,15H,5,7,9H2,1-3H3. The lowest BCUT2D eigenvalue weighted by Crippen LogP contribution is -2.36. The second kappa shape index (κ2) is 5.26. The number of rotatable bonds is 4. The third-order valence-corrected chi connectivity index (χ3v) is 2.19. The first-order chi connectivity index (χ1) is 6.97. The second-order valence-electron chi connectivity index (χ2n) is 4.91. The van der Waals surface area contributed by atoms with Gasteiger partial charge in [-0.05, 0) is 57.9 Å². The van der Waals surface area contributed by atoms with Gasteiger partial charge in [-0.25, -0.2) is 4.39 Å². The first-order valence-corrected chi connectivity index (χ1v) is 5.47. The van der Waals surface area contributed by atoms with Crippen molar-refractivity contribution in [2.75, 3.05) is 6.54 Å². The van der Waals surface area contributed by atoms with E-state index < -0.39 is 0 Å². The topological polar surface area (TPSA) is 12.0 Å². The van der Waals surface area contributed by atoms with Gasteiger partial charge in [0.15, 0.2) is 0 Å². The van der Waals surface area contributed by atoms with Crippen LogP contribution in [0.2, 0.25) is 0 Å². The molecule has 0 radical (unpaired) electrons. The van der Waals surface area contributed by atoms with E-state index in [9.17, 15) is 4.39 Å². The van der Waals surface area contributed by atoms with Crippen molar-refractivity contribution >= 4 is 0 Å². The van der Waals surface area contributed by atoms with Gasteiger partial charge in [0.25, 0.3) is 0 Å². The number of halogens is 1. The lowest BCUT2D eigenvalue weighted by atomic mass is 10.1. The zero-order valence-electron chi connectivity index (χ0n) is 9.81. The first kappa shape index (κ1) is 12.2. The Morgan fingerprint density at radius 1 is 1.27 bits per heavy atom. The summed E-state index contributed by atoms with van der Waals surface area (Å²) in [6, 6.07) is 6.83.